The van der Waals surface area contributed by atoms with Crippen molar-refractivity contribution in [2.75, 3.05) is 13.2 Å². The van der Waals surface area contributed by atoms with Crippen LogP contribution in [-0.2, 0) is 19.0 Å². The lowest BCUT2D eigenvalue weighted by Crippen LogP contribution is -2.59. The first-order valence-electron chi connectivity index (χ1n) is 6.48. The molecule has 3 atom stereocenters. The van der Waals surface area contributed by atoms with Gasteiger partial charge in [0.05, 0.1) is 13.2 Å². The van der Waals surface area contributed by atoms with E-state index in [1.165, 1.54) is 0 Å². The number of rotatable bonds is 4. The smallest absolute Gasteiger partial charge is 0.343 e. The van der Waals surface area contributed by atoms with Gasteiger partial charge in [0.1, 0.15) is 17.8 Å². The molecular formula is C13H24O7. The molecule has 0 spiro atoms. The molecule has 1 heterocycles. The molecule has 0 saturated carbocycles. The van der Waals surface area contributed by atoms with E-state index in [1.54, 1.807) is 34.6 Å². The maximum Gasteiger partial charge on any atom is 0.343 e. The summed E-state index contributed by atoms with van der Waals surface area (Å²) in [6.45, 7) is 7.16. The van der Waals surface area contributed by atoms with Gasteiger partial charge in [-0.25, -0.2) is 4.79 Å². The largest absolute Gasteiger partial charge is 0.458 e. The van der Waals surface area contributed by atoms with E-state index in [1.807, 2.05) is 0 Å². The molecular weight excluding hydrogens is 268 g/mol. The van der Waals surface area contributed by atoms with Gasteiger partial charge in [0.25, 0.3) is 0 Å². The van der Waals surface area contributed by atoms with Crippen molar-refractivity contribution >= 4 is 5.97 Å². The number of esters is 1. The van der Waals surface area contributed by atoms with E-state index in [2.05, 4.69) is 0 Å². The minimum atomic E-state index is -2.46. The fourth-order valence-corrected chi connectivity index (χ4v) is 1.82. The van der Waals surface area contributed by atoms with Crippen LogP contribution in [0.4, 0.5) is 0 Å². The predicted octanol–water partition coefficient (Wildman–Crippen LogP) is -0.436. The van der Waals surface area contributed by atoms with Crippen LogP contribution in [0.1, 0.15) is 34.6 Å². The summed E-state index contributed by atoms with van der Waals surface area (Å²) in [6, 6.07) is 0. The highest BCUT2D eigenvalue weighted by molar-refractivity contribution is 5.80. The van der Waals surface area contributed by atoms with Crippen molar-refractivity contribution in [1.82, 2.24) is 0 Å². The summed E-state index contributed by atoms with van der Waals surface area (Å²) < 4.78 is 15.7. The molecule has 0 bridgehead atoms. The third-order valence-corrected chi connectivity index (χ3v) is 2.87. The molecule has 1 aliphatic heterocycles. The maximum atomic E-state index is 12.0. The number of hydrogen-bond donors (Lipinski definition) is 3. The van der Waals surface area contributed by atoms with Crippen LogP contribution in [0.5, 0.6) is 0 Å². The monoisotopic (exact) mass is 292 g/mol. The fourth-order valence-electron chi connectivity index (χ4n) is 1.82. The van der Waals surface area contributed by atoms with Crippen LogP contribution < -0.4 is 0 Å². The number of carbonyl (C=O) groups is 1. The average Bonchev–Trinajstić information content (AvgIpc) is 2.65. The molecule has 0 aliphatic carbocycles. The molecule has 1 saturated heterocycles. The first kappa shape index (κ1) is 17.3. The Kier molecular flexibility index (Phi) is 4.83. The van der Waals surface area contributed by atoms with Gasteiger partial charge >= 0.3 is 5.97 Å². The molecule has 0 amide bonds. The van der Waals surface area contributed by atoms with Gasteiger partial charge in [-0.15, -0.1) is 0 Å². The van der Waals surface area contributed by atoms with Crippen molar-refractivity contribution in [3.8, 4) is 0 Å². The lowest BCUT2D eigenvalue weighted by Gasteiger charge is -2.34. The summed E-state index contributed by atoms with van der Waals surface area (Å²) >= 11 is 0. The van der Waals surface area contributed by atoms with Crippen LogP contribution in [0.2, 0.25) is 0 Å². The summed E-state index contributed by atoms with van der Waals surface area (Å²) in [5.74, 6) is -2.02. The summed E-state index contributed by atoms with van der Waals surface area (Å²) in [5, 5.41) is 29.7. The van der Waals surface area contributed by atoms with Crippen LogP contribution in [0.25, 0.3) is 0 Å². The quantitative estimate of drug-likeness (QED) is 0.603. The Morgan fingerprint density at radius 3 is 2.35 bits per heavy atom. The Bertz CT molecular complexity index is 360. The lowest BCUT2D eigenvalue weighted by molar-refractivity contribution is -0.213. The Labute approximate surface area is 118 Å². The summed E-state index contributed by atoms with van der Waals surface area (Å²) in [6.07, 6.45) is -2.60. The summed E-state index contributed by atoms with van der Waals surface area (Å²) in [5.41, 5.74) is -3.31. The normalized spacial score (nSPS) is 26.9. The Morgan fingerprint density at radius 1 is 1.45 bits per heavy atom. The van der Waals surface area contributed by atoms with Crippen molar-refractivity contribution in [2.24, 2.45) is 0 Å². The van der Waals surface area contributed by atoms with Crippen LogP contribution >= 0.6 is 0 Å². The number of aliphatic hydroxyl groups is 3. The number of carbonyl (C=O) groups excluding carboxylic acids is 1. The van der Waals surface area contributed by atoms with Crippen LogP contribution in [0.15, 0.2) is 0 Å². The van der Waals surface area contributed by atoms with Gasteiger partial charge < -0.3 is 29.5 Å². The summed E-state index contributed by atoms with van der Waals surface area (Å²) in [7, 11) is 0. The van der Waals surface area contributed by atoms with Crippen LogP contribution in [-0.4, -0.2) is 63.7 Å². The van der Waals surface area contributed by atoms with E-state index in [9.17, 15) is 20.1 Å². The molecule has 0 aromatic heterocycles. The van der Waals surface area contributed by atoms with Gasteiger partial charge in [-0.1, -0.05) is 0 Å². The standard InChI is InChI=1S/C13H24O7/c1-11(2,3)20-10(16)13(17,7-14)9(15)8-6-18-12(4,5)19-8/h8-9,14-15,17H,6-7H2,1-5H3/t8-,9-,13-/m1/s1. The van der Waals surface area contributed by atoms with Gasteiger partial charge in [0, 0.05) is 0 Å². The van der Waals surface area contributed by atoms with Gasteiger partial charge in [-0.05, 0) is 34.6 Å². The zero-order valence-electron chi connectivity index (χ0n) is 12.5. The third-order valence-electron chi connectivity index (χ3n) is 2.87. The zero-order chi connectivity index (χ0) is 15.8. The second kappa shape index (κ2) is 5.57. The molecule has 7 heteroatoms. The maximum absolute atomic E-state index is 12.0. The van der Waals surface area contributed by atoms with Gasteiger partial charge in [0.2, 0.25) is 5.60 Å². The molecule has 1 rings (SSSR count). The van der Waals surface area contributed by atoms with E-state index >= 15 is 0 Å². The van der Waals surface area contributed by atoms with Gasteiger partial charge in [-0.2, -0.15) is 0 Å². The van der Waals surface area contributed by atoms with E-state index < -0.39 is 41.8 Å². The third kappa shape index (κ3) is 3.89. The zero-order valence-corrected chi connectivity index (χ0v) is 12.5. The molecule has 1 fully saturated rings. The number of aliphatic hydroxyl groups excluding tert-OH is 2. The predicted molar refractivity (Wildman–Crippen MR) is 68.8 cm³/mol. The lowest BCUT2D eigenvalue weighted by atomic mass is 9.93. The van der Waals surface area contributed by atoms with Crippen molar-refractivity contribution in [2.45, 2.75) is 63.8 Å². The first-order chi connectivity index (χ1) is 8.91. The molecule has 0 radical (unpaired) electrons. The molecule has 0 aromatic rings. The highest BCUT2D eigenvalue weighted by atomic mass is 16.7. The fraction of sp³-hybridized carbons (Fsp3) is 0.923. The minimum Gasteiger partial charge on any atom is -0.458 e. The molecule has 0 aromatic carbocycles. The Balaban J connectivity index is 2.85. The van der Waals surface area contributed by atoms with Gasteiger partial charge in [0.15, 0.2) is 5.79 Å². The van der Waals surface area contributed by atoms with Crippen molar-refractivity contribution < 1.29 is 34.3 Å². The highest BCUT2D eigenvalue weighted by Crippen LogP contribution is 2.29. The van der Waals surface area contributed by atoms with E-state index in [0.29, 0.717) is 0 Å². The second-order valence-electron chi connectivity index (χ2n) is 6.40. The second-order valence-corrected chi connectivity index (χ2v) is 6.40. The Hall–Kier alpha value is -0.730. The van der Waals surface area contributed by atoms with Crippen molar-refractivity contribution in [3.05, 3.63) is 0 Å². The van der Waals surface area contributed by atoms with Crippen molar-refractivity contribution in [3.63, 3.8) is 0 Å². The topological polar surface area (TPSA) is 105 Å². The van der Waals surface area contributed by atoms with E-state index in [0.717, 1.165) is 0 Å². The number of ether oxygens (including phenoxy) is 3. The number of hydrogen-bond acceptors (Lipinski definition) is 7. The molecule has 0 unspecified atom stereocenters. The van der Waals surface area contributed by atoms with Gasteiger partial charge in [-0.3, -0.25) is 0 Å². The average molecular weight is 292 g/mol. The van der Waals surface area contributed by atoms with Crippen LogP contribution in [0, 0.1) is 0 Å². The Morgan fingerprint density at radius 2 is 2.00 bits per heavy atom. The molecule has 7 nitrogen and oxygen atoms in total. The first-order valence-corrected chi connectivity index (χ1v) is 6.48. The van der Waals surface area contributed by atoms with Crippen LogP contribution in [0.3, 0.4) is 0 Å². The minimum absolute atomic E-state index is 0.000720. The molecule has 1 aliphatic rings. The van der Waals surface area contributed by atoms with E-state index in [-0.39, 0.29) is 6.61 Å². The highest BCUT2D eigenvalue weighted by Gasteiger charge is 2.52. The van der Waals surface area contributed by atoms with E-state index in [4.69, 9.17) is 14.2 Å². The summed E-state index contributed by atoms with van der Waals surface area (Å²) in [4.78, 5) is 12.0. The SMILES string of the molecule is CC(C)(C)OC(=O)[C@@](O)(CO)[C@H](O)[C@H]1COC(C)(C)O1. The van der Waals surface area contributed by atoms with Crippen molar-refractivity contribution in [1.29, 1.82) is 0 Å². The molecule has 20 heavy (non-hydrogen) atoms. The molecule has 118 valence electrons. The molecule has 3 N–H and O–H groups in total.